The van der Waals surface area contributed by atoms with E-state index in [1.807, 2.05) is 30.1 Å². The molecular formula is C13H16N2O2S. The summed E-state index contributed by atoms with van der Waals surface area (Å²) in [5.74, 6) is 0. The van der Waals surface area contributed by atoms with Crippen LogP contribution in [0.2, 0.25) is 0 Å². The molecule has 4 nitrogen and oxygen atoms in total. The maximum absolute atomic E-state index is 11.9. The van der Waals surface area contributed by atoms with Crippen molar-refractivity contribution in [2.45, 2.75) is 11.3 Å². The summed E-state index contributed by atoms with van der Waals surface area (Å²) in [5.41, 5.74) is 1.12. The maximum atomic E-state index is 11.9. The van der Waals surface area contributed by atoms with Gasteiger partial charge in [0.25, 0.3) is 0 Å². The van der Waals surface area contributed by atoms with Crippen LogP contribution in [0.15, 0.2) is 53.7 Å². The Bertz CT molecular complexity index is 603. The Balaban J connectivity index is 1.94. The van der Waals surface area contributed by atoms with Crippen molar-refractivity contribution in [1.29, 1.82) is 0 Å². The summed E-state index contributed by atoms with van der Waals surface area (Å²) in [4.78, 5) is 0.304. The maximum Gasteiger partial charge on any atom is 0.240 e. The smallest absolute Gasteiger partial charge is 0.240 e. The third-order valence-corrected chi connectivity index (χ3v) is 4.13. The highest BCUT2D eigenvalue weighted by molar-refractivity contribution is 7.89. The highest BCUT2D eigenvalue weighted by Crippen LogP contribution is 2.07. The normalized spacial score (nSPS) is 11.6. The van der Waals surface area contributed by atoms with Crippen LogP contribution in [0.1, 0.15) is 5.56 Å². The van der Waals surface area contributed by atoms with Crippen LogP contribution in [-0.2, 0) is 23.5 Å². The quantitative estimate of drug-likeness (QED) is 0.890. The molecule has 2 rings (SSSR count). The van der Waals surface area contributed by atoms with Gasteiger partial charge in [-0.1, -0.05) is 18.2 Å². The molecular weight excluding hydrogens is 248 g/mol. The molecule has 0 unspecified atom stereocenters. The Labute approximate surface area is 107 Å². The average Bonchev–Trinajstić information content (AvgIpc) is 2.76. The van der Waals surface area contributed by atoms with Crippen molar-refractivity contribution in [3.05, 3.63) is 54.4 Å². The predicted molar refractivity (Wildman–Crippen MR) is 70.7 cm³/mol. The molecule has 0 aliphatic carbocycles. The van der Waals surface area contributed by atoms with E-state index >= 15 is 0 Å². The van der Waals surface area contributed by atoms with Crippen LogP contribution >= 0.6 is 0 Å². The minimum absolute atomic E-state index is 0.304. The number of benzene rings is 1. The second-order valence-corrected chi connectivity index (χ2v) is 5.91. The fourth-order valence-corrected chi connectivity index (χ4v) is 2.77. The van der Waals surface area contributed by atoms with Gasteiger partial charge in [0.1, 0.15) is 0 Å². The first-order valence-corrected chi connectivity index (χ1v) is 7.22. The van der Waals surface area contributed by atoms with Crippen LogP contribution in [0, 0.1) is 0 Å². The molecule has 1 aromatic heterocycles. The minimum atomic E-state index is -3.38. The lowest BCUT2D eigenvalue weighted by atomic mass is 10.2. The van der Waals surface area contributed by atoms with Gasteiger partial charge in [-0.15, -0.1) is 0 Å². The van der Waals surface area contributed by atoms with E-state index < -0.39 is 10.0 Å². The predicted octanol–water partition coefficient (Wildman–Crippen LogP) is 1.55. The largest absolute Gasteiger partial charge is 0.357 e. The molecule has 1 heterocycles. The van der Waals surface area contributed by atoms with E-state index in [4.69, 9.17) is 0 Å². The van der Waals surface area contributed by atoms with Crippen molar-refractivity contribution in [3.63, 3.8) is 0 Å². The molecule has 0 amide bonds. The molecule has 18 heavy (non-hydrogen) atoms. The molecule has 0 saturated carbocycles. The van der Waals surface area contributed by atoms with Gasteiger partial charge >= 0.3 is 0 Å². The summed E-state index contributed by atoms with van der Waals surface area (Å²) in [7, 11) is -1.44. The molecule has 0 aliphatic heterocycles. The third kappa shape index (κ3) is 3.21. The first kappa shape index (κ1) is 12.9. The molecule has 0 saturated heterocycles. The van der Waals surface area contributed by atoms with Gasteiger partial charge in [0.2, 0.25) is 10.0 Å². The molecule has 1 N–H and O–H groups in total. The van der Waals surface area contributed by atoms with E-state index in [1.165, 1.54) is 0 Å². The van der Waals surface area contributed by atoms with Gasteiger partial charge < -0.3 is 4.57 Å². The SMILES string of the molecule is Cn1ccc(CCNS(=O)(=O)c2ccccc2)c1. The Hall–Kier alpha value is -1.59. The fourth-order valence-electron chi connectivity index (χ4n) is 1.72. The van der Waals surface area contributed by atoms with Crippen LogP contribution in [0.25, 0.3) is 0 Å². The highest BCUT2D eigenvalue weighted by atomic mass is 32.2. The van der Waals surface area contributed by atoms with Crippen LogP contribution in [0.3, 0.4) is 0 Å². The number of rotatable bonds is 5. The summed E-state index contributed by atoms with van der Waals surface area (Å²) in [6.45, 7) is 0.404. The zero-order valence-corrected chi connectivity index (χ0v) is 11.0. The lowest BCUT2D eigenvalue weighted by Crippen LogP contribution is -2.25. The molecule has 0 fully saturated rings. The Morgan fingerprint density at radius 2 is 1.89 bits per heavy atom. The first-order chi connectivity index (χ1) is 8.58. The summed E-state index contributed by atoms with van der Waals surface area (Å²) >= 11 is 0. The third-order valence-electron chi connectivity index (χ3n) is 2.65. The number of nitrogens with zero attached hydrogens (tertiary/aromatic N) is 1. The molecule has 1 aromatic carbocycles. The van der Waals surface area contributed by atoms with Crippen LogP contribution < -0.4 is 4.72 Å². The topological polar surface area (TPSA) is 51.1 Å². The van der Waals surface area contributed by atoms with Crippen LogP contribution in [-0.4, -0.2) is 19.5 Å². The monoisotopic (exact) mass is 264 g/mol. The van der Waals surface area contributed by atoms with E-state index in [9.17, 15) is 8.42 Å². The minimum Gasteiger partial charge on any atom is -0.357 e. The summed E-state index contributed by atoms with van der Waals surface area (Å²) < 4.78 is 28.4. The molecule has 0 bridgehead atoms. The average molecular weight is 264 g/mol. The van der Waals surface area contributed by atoms with Crippen LogP contribution in [0.5, 0.6) is 0 Å². The number of hydrogen-bond donors (Lipinski definition) is 1. The second-order valence-electron chi connectivity index (χ2n) is 4.15. The summed E-state index contributed by atoms with van der Waals surface area (Å²) in [6.07, 6.45) is 4.62. The number of nitrogens with one attached hydrogen (secondary N) is 1. The highest BCUT2D eigenvalue weighted by Gasteiger charge is 2.12. The molecule has 0 spiro atoms. The first-order valence-electron chi connectivity index (χ1n) is 5.73. The Morgan fingerprint density at radius 3 is 2.50 bits per heavy atom. The second kappa shape index (κ2) is 5.37. The van der Waals surface area contributed by atoms with Gasteiger partial charge in [0, 0.05) is 26.0 Å². The Morgan fingerprint density at radius 1 is 1.17 bits per heavy atom. The van der Waals surface area contributed by atoms with Gasteiger partial charge in [-0.25, -0.2) is 13.1 Å². The van der Waals surface area contributed by atoms with Gasteiger partial charge in [0.15, 0.2) is 0 Å². The molecule has 96 valence electrons. The molecule has 5 heteroatoms. The van der Waals surface area contributed by atoms with E-state index in [-0.39, 0.29) is 0 Å². The van der Waals surface area contributed by atoms with Crippen LogP contribution in [0.4, 0.5) is 0 Å². The number of aromatic nitrogens is 1. The van der Waals surface area contributed by atoms with Crippen molar-refractivity contribution in [3.8, 4) is 0 Å². The van der Waals surface area contributed by atoms with E-state index in [0.717, 1.165) is 5.56 Å². The lowest BCUT2D eigenvalue weighted by Gasteiger charge is -2.05. The molecule has 0 aliphatic rings. The van der Waals surface area contributed by atoms with Crippen molar-refractivity contribution < 1.29 is 8.42 Å². The molecule has 0 atom stereocenters. The lowest BCUT2D eigenvalue weighted by molar-refractivity contribution is 0.581. The van der Waals surface area contributed by atoms with Crippen molar-refractivity contribution in [2.75, 3.05) is 6.54 Å². The standard InChI is InChI=1S/C13H16N2O2S/c1-15-10-8-12(11-15)7-9-14-18(16,17)13-5-3-2-4-6-13/h2-6,8,10-11,14H,7,9H2,1H3. The van der Waals surface area contributed by atoms with E-state index in [2.05, 4.69) is 4.72 Å². The summed E-state index contributed by atoms with van der Waals surface area (Å²) in [5, 5.41) is 0. The zero-order chi connectivity index (χ0) is 13.0. The Kier molecular flexibility index (Phi) is 3.84. The number of aryl methyl sites for hydroxylation is 1. The van der Waals surface area contributed by atoms with E-state index in [1.54, 1.807) is 30.3 Å². The van der Waals surface area contributed by atoms with Crippen molar-refractivity contribution in [2.24, 2.45) is 7.05 Å². The van der Waals surface area contributed by atoms with Gasteiger partial charge in [-0.05, 0) is 30.2 Å². The fraction of sp³-hybridized carbons (Fsp3) is 0.231. The molecule has 0 radical (unpaired) electrons. The zero-order valence-electron chi connectivity index (χ0n) is 10.2. The van der Waals surface area contributed by atoms with E-state index in [0.29, 0.717) is 17.9 Å². The molecule has 2 aromatic rings. The van der Waals surface area contributed by atoms with Gasteiger partial charge in [-0.2, -0.15) is 0 Å². The number of hydrogen-bond acceptors (Lipinski definition) is 2. The summed E-state index contributed by atoms with van der Waals surface area (Å²) in [6, 6.07) is 10.4. The van der Waals surface area contributed by atoms with Gasteiger partial charge in [-0.3, -0.25) is 0 Å². The number of sulfonamides is 1. The van der Waals surface area contributed by atoms with Crippen molar-refractivity contribution in [1.82, 2.24) is 9.29 Å². The van der Waals surface area contributed by atoms with Crippen molar-refractivity contribution >= 4 is 10.0 Å². The van der Waals surface area contributed by atoms with Gasteiger partial charge in [0.05, 0.1) is 4.90 Å².